The molecule has 0 aliphatic heterocycles. The van der Waals surface area contributed by atoms with Gasteiger partial charge in [-0.15, -0.1) is 0 Å². The molecule has 10 aromatic rings. The van der Waals surface area contributed by atoms with Crippen LogP contribution in [0.1, 0.15) is 48.8 Å². The molecule has 4 fully saturated rings. The minimum absolute atomic E-state index is 0.00830. The van der Waals surface area contributed by atoms with Crippen LogP contribution < -0.4 is 5.19 Å². The van der Waals surface area contributed by atoms with Crippen LogP contribution in [0.15, 0.2) is 206 Å². The smallest absolute Gasteiger partial charge is 0.0998 e. The highest BCUT2D eigenvalue weighted by molar-refractivity contribution is 6.88. The fourth-order valence-corrected chi connectivity index (χ4v) is 16.0. The molecule has 0 unspecified atom stereocenters. The normalized spacial score (nSPS) is 20.5. The Kier molecular flexibility index (Phi) is 9.90. The van der Waals surface area contributed by atoms with Crippen LogP contribution in [-0.4, -0.2) is 8.07 Å². The number of nitriles is 1. The van der Waals surface area contributed by atoms with Crippen molar-refractivity contribution in [2.24, 2.45) is 23.7 Å². The van der Waals surface area contributed by atoms with Gasteiger partial charge in [-0.05, 0) is 191 Å². The third kappa shape index (κ3) is 6.71. The quantitative estimate of drug-likeness (QED) is 0.115. The predicted octanol–water partition coefficient (Wildman–Crippen LogP) is 18.1. The largest absolute Gasteiger partial charge is 0.192 e. The van der Waals surface area contributed by atoms with Gasteiger partial charge in [0.25, 0.3) is 0 Å². The van der Waals surface area contributed by atoms with Gasteiger partial charge in [-0.25, -0.2) is 0 Å². The second kappa shape index (κ2) is 16.5. The molecule has 5 aliphatic rings. The number of hydrogen-bond donors (Lipinski definition) is 0. The van der Waals surface area contributed by atoms with Gasteiger partial charge in [0.05, 0.1) is 19.7 Å². The summed E-state index contributed by atoms with van der Waals surface area (Å²) in [6.45, 7) is 7.35. The van der Waals surface area contributed by atoms with Gasteiger partial charge in [0.15, 0.2) is 0 Å². The van der Waals surface area contributed by atoms with Crippen molar-refractivity contribution in [2.45, 2.75) is 57.2 Å². The zero-order valence-corrected chi connectivity index (χ0v) is 42.4. The van der Waals surface area contributed by atoms with Gasteiger partial charge < -0.3 is 0 Å². The van der Waals surface area contributed by atoms with Gasteiger partial charge in [0.1, 0.15) is 0 Å². The first kappa shape index (κ1) is 43.2. The highest BCUT2D eigenvalue weighted by Gasteiger charge is 2.62. The van der Waals surface area contributed by atoms with Crippen LogP contribution in [0.2, 0.25) is 19.6 Å². The molecule has 0 aromatic heterocycles. The number of hydrogen-bond acceptors (Lipinski definition) is 1. The highest BCUT2D eigenvalue weighted by Crippen LogP contribution is 2.70. The summed E-state index contributed by atoms with van der Waals surface area (Å²) in [5.74, 6) is 3.04. The van der Waals surface area contributed by atoms with Crippen LogP contribution in [0.3, 0.4) is 0 Å². The van der Waals surface area contributed by atoms with Crippen molar-refractivity contribution < 1.29 is 0 Å². The van der Waals surface area contributed by atoms with Crippen molar-refractivity contribution in [3.8, 4) is 84.0 Å². The average molecular weight is 940 g/mol. The first-order valence-electron chi connectivity index (χ1n) is 26.4. The van der Waals surface area contributed by atoms with E-state index in [0.29, 0.717) is 11.8 Å². The Morgan fingerprint density at radius 1 is 0.375 bits per heavy atom. The van der Waals surface area contributed by atoms with Crippen LogP contribution in [0.4, 0.5) is 0 Å². The van der Waals surface area contributed by atoms with E-state index in [4.69, 9.17) is 0 Å². The van der Waals surface area contributed by atoms with Crippen molar-refractivity contribution in [2.75, 3.05) is 0 Å². The molecule has 5 aliphatic carbocycles. The molecule has 1 spiro atoms. The monoisotopic (exact) mass is 939 g/mol. The van der Waals surface area contributed by atoms with E-state index >= 15 is 0 Å². The number of rotatable bonds is 7. The summed E-state index contributed by atoms with van der Waals surface area (Å²) >= 11 is 0. The molecule has 0 saturated heterocycles. The molecule has 72 heavy (non-hydrogen) atoms. The molecule has 4 bridgehead atoms. The van der Waals surface area contributed by atoms with Crippen molar-refractivity contribution in [3.63, 3.8) is 0 Å². The van der Waals surface area contributed by atoms with E-state index in [0.717, 1.165) is 17.4 Å². The summed E-state index contributed by atoms with van der Waals surface area (Å²) in [4.78, 5) is 0. The Hall–Kier alpha value is -7.57. The molecule has 0 atom stereocenters. The Bertz CT molecular complexity index is 3780. The Labute approximate surface area is 425 Å². The molecule has 15 rings (SSSR count). The summed E-state index contributed by atoms with van der Waals surface area (Å²) in [7, 11) is -1.58. The molecule has 2 heteroatoms. The molecule has 4 saturated carbocycles. The Morgan fingerprint density at radius 2 is 0.806 bits per heavy atom. The van der Waals surface area contributed by atoms with Gasteiger partial charge in [-0.2, -0.15) is 5.26 Å². The lowest BCUT2D eigenvalue weighted by Gasteiger charge is -2.61. The molecule has 0 N–H and O–H groups in total. The third-order valence-electron chi connectivity index (χ3n) is 17.8. The van der Waals surface area contributed by atoms with Crippen molar-refractivity contribution in [1.29, 1.82) is 5.26 Å². The molecule has 346 valence electrons. The second-order valence-electron chi connectivity index (χ2n) is 22.8. The fraction of sp³-hybridized carbons (Fsp3) is 0.186. The van der Waals surface area contributed by atoms with Gasteiger partial charge >= 0.3 is 0 Å². The lowest BCUT2D eigenvalue weighted by Crippen LogP contribution is -2.55. The summed E-state index contributed by atoms with van der Waals surface area (Å²) in [6.07, 6.45) is 6.75. The highest BCUT2D eigenvalue weighted by atomic mass is 28.3. The Balaban J connectivity index is 0.822. The van der Waals surface area contributed by atoms with Crippen LogP contribution in [0, 0.1) is 35.0 Å². The van der Waals surface area contributed by atoms with Gasteiger partial charge in [0, 0.05) is 11.0 Å². The van der Waals surface area contributed by atoms with E-state index in [9.17, 15) is 5.26 Å². The topological polar surface area (TPSA) is 23.8 Å². The molecule has 1 nitrogen and oxygen atoms in total. The minimum Gasteiger partial charge on any atom is -0.192 e. The number of nitrogens with zero attached hydrogens (tertiary/aromatic N) is 1. The maximum atomic E-state index is 11.0. The lowest BCUT2D eigenvalue weighted by molar-refractivity contribution is -0.0399. The summed E-state index contributed by atoms with van der Waals surface area (Å²) in [6, 6.07) is 79.9. The summed E-state index contributed by atoms with van der Waals surface area (Å²) < 4.78 is 0. The fourth-order valence-electron chi connectivity index (χ4n) is 14.9. The van der Waals surface area contributed by atoms with Gasteiger partial charge in [-0.1, -0.05) is 201 Å². The summed E-state index contributed by atoms with van der Waals surface area (Å²) in [5, 5.41) is 17.5. The predicted molar refractivity (Wildman–Crippen MR) is 305 cm³/mol. The van der Waals surface area contributed by atoms with Gasteiger partial charge in [-0.3, -0.25) is 0 Å². The zero-order valence-electron chi connectivity index (χ0n) is 41.4. The molecule has 10 aromatic carbocycles. The van der Waals surface area contributed by atoms with Crippen molar-refractivity contribution in [3.05, 3.63) is 223 Å². The molecule has 0 heterocycles. The maximum Gasteiger partial charge on any atom is 0.0998 e. The van der Waals surface area contributed by atoms with Crippen LogP contribution in [-0.2, 0) is 5.41 Å². The third-order valence-corrected chi connectivity index (χ3v) is 19.9. The van der Waals surface area contributed by atoms with Crippen LogP contribution in [0.25, 0.3) is 99.4 Å². The van der Waals surface area contributed by atoms with E-state index in [2.05, 4.69) is 232 Å². The first-order chi connectivity index (χ1) is 35.2. The SMILES string of the molecule is C[Si](C)(C)c1ccc2c(c1)-c1c(C#N)cc(-c3ccc(-c4cccc(-c5cccc(-c6c7ccccc7c(-c7cccc(-c8ccccc8)c7)c7ccccc67)c5)c4)cc3)cc1C21C2CC3CC(C2)CC1C3. The number of benzene rings is 10. The van der Waals surface area contributed by atoms with Crippen LogP contribution in [0.5, 0.6) is 0 Å². The average Bonchev–Trinajstić information content (AvgIpc) is 3.72. The molecule has 0 amide bonds. The lowest BCUT2D eigenvalue weighted by atomic mass is 9.43. The second-order valence-corrected chi connectivity index (χ2v) is 27.8. The molecule has 0 radical (unpaired) electrons. The summed E-state index contributed by atoms with van der Waals surface area (Å²) in [5.41, 5.74) is 20.9. The zero-order chi connectivity index (χ0) is 48.3. The van der Waals surface area contributed by atoms with Crippen molar-refractivity contribution >= 4 is 34.8 Å². The van der Waals surface area contributed by atoms with E-state index in [-0.39, 0.29) is 5.41 Å². The Morgan fingerprint density at radius 3 is 1.31 bits per heavy atom. The van der Waals surface area contributed by atoms with Gasteiger partial charge in [0.2, 0.25) is 0 Å². The minimum atomic E-state index is -1.58. The first-order valence-corrected chi connectivity index (χ1v) is 29.9. The van der Waals surface area contributed by atoms with E-state index in [1.807, 2.05) is 0 Å². The standard InChI is InChI=1S/C70H57NSi/c1-72(2,3)59-30-31-65-64(42-59)69-56(43-71)40-55(41-66(69)70(65)57-33-44-32-45(35-57)36-58(70)34-44)48-28-26-47(27-29-48)49-16-11-18-51(37-49)52-19-13-21-54(39-52)68-62-24-9-7-22-60(62)67(61-23-8-10-25-63(61)68)53-20-12-17-50(38-53)46-14-5-4-6-15-46/h4-31,37-42,44-45,57-58H,32-36H2,1-3H3. The van der Waals surface area contributed by atoms with E-state index in [1.54, 1.807) is 0 Å². The van der Waals surface area contributed by atoms with Crippen LogP contribution >= 0.6 is 0 Å². The van der Waals surface area contributed by atoms with E-state index < -0.39 is 8.07 Å². The van der Waals surface area contributed by atoms with E-state index in [1.165, 1.54) is 148 Å². The molecular weight excluding hydrogens is 883 g/mol. The maximum absolute atomic E-state index is 11.0. The molecular formula is C70H57NSi. The van der Waals surface area contributed by atoms with Crippen molar-refractivity contribution in [1.82, 2.24) is 0 Å². The number of fused-ring (bicyclic) bond motifs is 5.